The summed E-state index contributed by atoms with van der Waals surface area (Å²) in [6.45, 7) is 3.72. The monoisotopic (exact) mass is 349 g/mol. The number of rotatable bonds is 5. The lowest BCUT2D eigenvalue weighted by Crippen LogP contribution is -2.33. The lowest BCUT2D eigenvalue weighted by atomic mass is 10.1. The molecule has 0 saturated carbocycles. The second-order valence-electron chi connectivity index (χ2n) is 5.91. The molecule has 1 amide bonds. The molecule has 3 heterocycles. The van der Waals surface area contributed by atoms with Crippen LogP contribution in [0.3, 0.4) is 0 Å². The van der Waals surface area contributed by atoms with Gasteiger partial charge in [-0.2, -0.15) is 0 Å². The summed E-state index contributed by atoms with van der Waals surface area (Å²) in [5, 5.41) is 2.84. The molecule has 0 radical (unpaired) electrons. The van der Waals surface area contributed by atoms with E-state index in [0.717, 1.165) is 16.8 Å². The van der Waals surface area contributed by atoms with Crippen molar-refractivity contribution in [2.24, 2.45) is 0 Å². The summed E-state index contributed by atoms with van der Waals surface area (Å²) in [7, 11) is 0. The summed E-state index contributed by atoms with van der Waals surface area (Å²) in [5.41, 5.74) is 3.63. The first-order valence-corrected chi connectivity index (χ1v) is 8.20. The highest BCUT2D eigenvalue weighted by Crippen LogP contribution is 2.19. The number of carbonyl (C=O) groups excluding carboxylic acids is 1. The zero-order valence-electron chi connectivity index (χ0n) is 14.6. The van der Waals surface area contributed by atoms with Crippen LogP contribution in [0.15, 0.2) is 54.0 Å². The molecular weight excluding hydrogens is 330 g/mol. The molecule has 0 aliphatic heterocycles. The van der Waals surface area contributed by atoms with Crippen molar-refractivity contribution >= 4 is 5.91 Å². The van der Waals surface area contributed by atoms with E-state index in [1.54, 1.807) is 32.4 Å². The van der Waals surface area contributed by atoms with Gasteiger partial charge in [-0.1, -0.05) is 6.07 Å². The predicted octanol–water partition coefficient (Wildman–Crippen LogP) is 1.63. The van der Waals surface area contributed by atoms with Crippen molar-refractivity contribution in [3.63, 3.8) is 0 Å². The molecule has 0 spiro atoms. The molecule has 0 saturated heterocycles. The smallest absolute Gasteiger partial charge is 0.256 e. The lowest BCUT2D eigenvalue weighted by Gasteiger charge is -2.11. The van der Waals surface area contributed by atoms with Crippen LogP contribution in [0.2, 0.25) is 0 Å². The molecule has 0 fully saturated rings. The molecule has 1 N–H and O–H groups in total. The van der Waals surface area contributed by atoms with Crippen LogP contribution in [-0.4, -0.2) is 25.4 Å². The summed E-state index contributed by atoms with van der Waals surface area (Å²) < 4.78 is 1.31. The molecule has 7 heteroatoms. The van der Waals surface area contributed by atoms with Gasteiger partial charge in [0.05, 0.1) is 12.0 Å². The summed E-state index contributed by atoms with van der Waals surface area (Å²) >= 11 is 0. The first-order chi connectivity index (χ1) is 12.6. The normalized spacial score (nSPS) is 10.5. The third-order valence-electron chi connectivity index (χ3n) is 4.15. The minimum atomic E-state index is -0.262. The van der Waals surface area contributed by atoms with Crippen molar-refractivity contribution in [3.05, 3.63) is 76.4 Å². The lowest BCUT2D eigenvalue weighted by molar-refractivity contribution is -0.121. The van der Waals surface area contributed by atoms with Gasteiger partial charge in [-0.15, -0.1) is 0 Å². The van der Waals surface area contributed by atoms with E-state index in [1.807, 2.05) is 24.3 Å². The van der Waals surface area contributed by atoms with E-state index in [-0.39, 0.29) is 18.0 Å². The molecule has 3 rings (SSSR count). The highest BCUT2D eigenvalue weighted by Gasteiger charge is 2.10. The number of aryl methyl sites for hydroxylation is 1. The molecule has 0 aromatic carbocycles. The Morgan fingerprint density at radius 1 is 1.12 bits per heavy atom. The Kier molecular flexibility index (Phi) is 5.17. The fourth-order valence-corrected chi connectivity index (χ4v) is 2.54. The average Bonchev–Trinajstić information content (AvgIpc) is 2.68. The summed E-state index contributed by atoms with van der Waals surface area (Å²) in [5.74, 6) is -0.262. The Bertz CT molecular complexity index is 983. The SMILES string of the molecule is Cc1ncn(CC(=O)NCc2cccnc2-c2ccncc2)c(=O)c1C. The number of carbonyl (C=O) groups is 1. The van der Waals surface area contributed by atoms with Crippen molar-refractivity contribution in [1.82, 2.24) is 24.8 Å². The largest absolute Gasteiger partial charge is 0.350 e. The summed E-state index contributed by atoms with van der Waals surface area (Å²) in [6.07, 6.45) is 6.51. The predicted molar refractivity (Wildman–Crippen MR) is 97.3 cm³/mol. The van der Waals surface area contributed by atoms with Crippen molar-refractivity contribution in [1.29, 1.82) is 0 Å². The highest BCUT2D eigenvalue weighted by atomic mass is 16.2. The van der Waals surface area contributed by atoms with E-state index in [1.165, 1.54) is 10.9 Å². The van der Waals surface area contributed by atoms with Crippen LogP contribution in [0, 0.1) is 13.8 Å². The van der Waals surface area contributed by atoms with Crippen LogP contribution in [0.4, 0.5) is 0 Å². The number of hydrogen-bond donors (Lipinski definition) is 1. The van der Waals surface area contributed by atoms with Gasteiger partial charge in [0.1, 0.15) is 6.54 Å². The van der Waals surface area contributed by atoms with Crippen LogP contribution in [-0.2, 0) is 17.9 Å². The third kappa shape index (κ3) is 3.83. The standard InChI is InChI=1S/C19H19N5O2/c1-13-14(2)23-12-24(19(13)26)11-17(25)22-10-16-4-3-7-21-18(16)15-5-8-20-9-6-15/h3-9,12H,10-11H2,1-2H3,(H,22,25). The molecule has 3 aromatic heterocycles. The Morgan fingerprint density at radius 3 is 2.65 bits per heavy atom. The maximum absolute atomic E-state index is 12.3. The van der Waals surface area contributed by atoms with Gasteiger partial charge in [0.2, 0.25) is 5.91 Å². The van der Waals surface area contributed by atoms with Crippen molar-refractivity contribution in [2.45, 2.75) is 26.9 Å². The summed E-state index contributed by atoms with van der Waals surface area (Å²) in [4.78, 5) is 37.0. The quantitative estimate of drug-likeness (QED) is 0.756. The number of pyridine rings is 2. The van der Waals surface area contributed by atoms with E-state index < -0.39 is 0 Å². The van der Waals surface area contributed by atoms with E-state index in [9.17, 15) is 9.59 Å². The molecular formula is C19H19N5O2. The fraction of sp³-hybridized carbons (Fsp3) is 0.211. The Hall–Kier alpha value is -3.35. The second kappa shape index (κ2) is 7.69. The van der Waals surface area contributed by atoms with Crippen LogP contribution < -0.4 is 10.9 Å². The number of hydrogen-bond acceptors (Lipinski definition) is 5. The Labute approximate surface area is 150 Å². The van der Waals surface area contributed by atoms with Gasteiger partial charge in [-0.3, -0.25) is 24.1 Å². The van der Waals surface area contributed by atoms with Gasteiger partial charge >= 0.3 is 0 Å². The Balaban J connectivity index is 1.71. The zero-order chi connectivity index (χ0) is 18.5. The van der Waals surface area contributed by atoms with E-state index in [2.05, 4.69) is 20.3 Å². The molecule has 7 nitrogen and oxygen atoms in total. The van der Waals surface area contributed by atoms with Gasteiger partial charge in [0.25, 0.3) is 5.56 Å². The van der Waals surface area contributed by atoms with Gasteiger partial charge in [0, 0.05) is 42.0 Å². The third-order valence-corrected chi connectivity index (χ3v) is 4.15. The molecule has 26 heavy (non-hydrogen) atoms. The first-order valence-electron chi connectivity index (χ1n) is 8.20. The van der Waals surface area contributed by atoms with Gasteiger partial charge in [-0.05, 0) is 37.6 Å². The minimum absolute atomic E-state index is 0.0716. The first kappa shape index (κ1) is 17.5. The van der Waals surface area contributed by atoms with E-state index in [4.69, 9.17) is 0 Å². The number of amides is 1. The molecule has 132 valence electrons. The number of aromatic nitrogens is 4. The molecule has 0 atom stereocenters. The maximum atomic E-state index is 12.3. The zero-order valence-corrected chi connectivity index (χ0v) is 14.6. The van der Waals surface area contributed by atoms with E-state index in [0.29, 0.717) is 17.8 Å². The van der Waals surface area contributed by atoms with Crippen molar-refractivity contribution in [2.75, 3.05) is 0 Å². The van der Waals surface area contributed by atoms with E-state index >= 15 is 0 Å². The highest BCUT2D eigenvalue weighted by molar-refractivity contribution is 5.76. The van der Waals surface area contributed by atoms with Gasteiger partial charge in [0.15, 0.2) is 0 Å². The molecule has 3 aromatic rings. The molecule has 0 unspecified atom stereocenters. The maximum Gasteiger partial charge on any atom is 0.256 e. The van der Waals surface area contributed by atoms with Crippen LogP contribution in [0.1, 0.15) is 16.8 Å². The molecule has 0 aliphatic carbocycles. The van der Waals surface area contributed by atoms with Gasteiger partial charge < -0.3 is 5.32 Å². The average molecular weight is 349 g/mol. The van der Waals surface area contributed by atoms with Crippen molar-refractivity contribution in [3.8, 4) is 11.3 Å². The Morgan fingerprint density at radius 2 is 1.88 bits per heavy atom. The minimum Gasteiger partial charge on any atom is -0.350 e. The van der Waals surface area contributed by atoms with Crippen molar-refractivity contribution < 1.29 is 4.79 Å². The molecule has 0 bridgehead atoms. The van der Waals surface area contributed by atoms with Crippen LogP contribution in [0.25, 0.3) is 11.3 Å². The molecule has 0 aliphatic rings. The topological polar surface area (TPSA) is 89.8 Å². The number of nitrogens with zero attached hydrogens (tertiary/aromatic N) is 4. The fourth-order valence-electron chi connectivity index (χ4n) is 2.54. The summed E-state index contributed by atoms with van der Waals surface area (Å²) in [6, 6.07) is 7.47. The van der Waals surface area contributed by atoms with Crippen LogP contribution >= 0.6 is 0 Å². The van der Waals surface area contributed by atoms with Crippen LogP contribution in [0.5, 0.6) is 0 Å². The number of nitrogens with one attached hydrogen (secondary N) is 1. The van der Waals surface area contributed by atoms with Gasteiger partial charge in [-0.25, -0.2) is 4.98 Å². The second-order valence-corrected chi connectivity index (χ2v) is 5.91.